The third kappa shape index (κ3) is 4.52. The molecular formula is C14H25N5O3S. The fourth-order valence-corrected chi connectivity index (χ4v) is 4.27. The van der Waals surface area contributed by atoms with E-state index in [2.05, 4.69) is 14.7 Å². The first-order valence-corrected chi connectivity index (χ1v) is 9.40. The monoisotopic (exact) mass is 343 g/mol. The standard InChI is InChI=1S/C14H25N5O3S/c1-4-19(5-2)23(21,22)17-12-7-6-8-18(10-12)14-15-11(3)9-13(20)16-14/h9,12,17H,4-8,10H2,1-3H3,(H,15,16,20). The number of aromatic amines is 1. The van der Waals surface area contributed by atoms with E-state index in [1.165, 1.54) is 10.4 Å². The molecule has 0 saturated carbocycles. The van der Waals surface area contributed by atoms with Crippen molar-refractivity contribution >= 4 is 16.2 Å². The Balaban J connectivity index is 2.10. The molecule has 1 aliphatic heterocycles. The molecular weight excluding hydrogens is 318 g/mol. The van der Waals surface area contributed by atoms with Crippen LogP contribution in [-0.2, 0) is 10.2 Å². The Morgan fingerprint density at radius 1 is 1.43 bits per heavy atom. The number of nitrogens with zero attached hydrogens (tertiary/aromatic N) is 3. The molecule has 9 heteroatoms. The van der Waals surface area contributed by atoms with Crippen LogP contribution < -0.4 is 15.2 Å². The summed E-state index contributed by atoms with van der Waals surface area (Å²) in [6, 6.07) is 1.24. The van der Waals surface area contributed by atoms with Gasteiger partial charge in [-0.05, 0) is 19.8 Å². The Bertz CT molecular complexity index is 684. The summed E-state index contributed by atoms with van der Waals surface area (Å²) < 4.78 is 28.8. The molecule has 2 rings (SSSR count). The van der Waals surface area contributed by atoms with Crippen molar-refractivity contribution in [2.45, 2.75) is 39.7 Å². The van der Waals surface area contributed by atoms with Crippen molar-refractivity contribution in [3.8, 4) is 0 Å². The van der Waals surface area contributed by atoms with Gasteiger partial charge in [-0.2, -0.15) is 17.4 Å². The van der Waals surface area contributed by atoms with Gasteiger partial charge in [-0.1, -0.05) is 13.8 Å². The van der Waals surface area contributed by atoms with E-state index in [-0.39, 0.29) is 11.6 Å². The number of rotatable bonds is 6. The highest BCUT2D eigenvalue weighted by Gasteiger charge is 2.27. The fourth-order valence-electron chi connectivity index (χ4n) is 2.83. The lowest BCUT2D eigenvalue weighted by Crippen LogP contribution is -2.52. The summed E-state index contributed by atoms with van der Waals surface area (Å²) in [5.41, 5.74) is 0.452. The van der Waals surface area contributed by atoms with Gasteiger partial charge in [-0.25, -0.2) is 4.98 Å². The molecule has 1 aromatic rings. The zero-order valence-corrected chi connectivity index (χ0v) is 14.7. The third-order valence-corrected chi connectivity index (χ3v) is 5.77. The van der Waals surface area contributed by atoms with E-state index in [9.17, 15) is 13.2 Å². The second-order valence-corrected chi connectivity index (χ2v) is 7.40. The number of piperidine rings is 1. The summed E-state index contributed by atoms with van der Waals surface area (Å²) in [6.07, 6.45) is 1.61. The molecule has 130 valence electrons. The maximum absolute atomic E-state index is 12.3. The summed E-state index contributed by atoms with van der Waals surface area (Å²) >= 11 is 0. The number of anilines is 1. The van der Waals surface area contributed by atoms with Crippen LogP contribution in [-0.4, -0.2) is 54.9 Å². The van der Waals surface area contributed by atoms with Crippen LogP contribution >= 0.6 is 0 Å². The van der Waals surface area contributed by atoms with Crippen molar-refractivity contribution in [1.29, 1.82) is 0 Å². The smallest absolute Gasteiger partial charge is 0.279 e. The Labute approximate surface area is 137 Å². The number of hydrogen-bond acceptors (Lipinski definition) is 5. The largest absolute Gasteiger partial charge is 0.341 e. The molecule has 1 fully saturated rings. The SMILES string of the molecule is CCN(CC)S(=O)(=O)NC1CCCN(c2nc(C)cc(=O)[nH]2)C1. The van der Waals surface area contributed by atoms with Crippen LogP contribution in [0.25, 0.3) is 0 Å². The summed E-state index contributed by atoms with van der Waals surface area (Å²) in [6.45, 7) is 7.52. The van der Waals surface area contributed by atoms with Crippen molar-refractivity contribution in [2.75, 3.05) is 31.1 Å². The van der Waals surface area contributed by atoms with Gasteiger partial charge in [-0.3, -0.25) is 9.78 Å². The van der Waals surface area contributed by atoms with E-state index < -0.39 is 10.2 Å². The topological polar surface area (TPSA) is 98.4 Å². The van der Waals surface area contributed by atoms with E-state index in [0.29, 0.717) is 31.3 Å². The van der Waals surface area contributed by atoms with E-state index in [4.69, 9.17) is 0 Å². The average Bonchev–Trinajstić information content (AvgIpc) is 2.47. The van der Waals surface area contributed by atoms with Gasteiger partial charge >= 0.3 is 0 Å². The average molecular weight is 343 g/mol. The molecule has 1 aromatic heterocycles. The lowest BCUT2D eigenvalue weighted by Gasteiger charge is -2.34. The van der Waals surface area contributed by atoms with Crippen LogP contribution in [0.2, 0.25) is 0 Å². The first kappa shape index (κ1) is 17.9. The molecule has 0 spiro atoms. The second kappa shape index (κ2) is 7.41. The van der Waals surface area contributed by atoms with Gasteiger partial charge in [-0.15, -0.1) is 0 Å². The van der Waals surface area contributed by atoms with Crippen molar-refractivity contribution in [3.63, 3.8) is 0 Å². The molecule has 0 radical (unpaired) electrons. The van der Waals surface area contributed by atoms with Gasteiger partial charge in [0.2, 0.25) is 5.95 Å². The quantitative estimate of drug-likeness (QED) is 0.770. The molecule has 0 aromatic carbocycles. The van der Waals surface area contributed by atoms with Gasteiger partial charge < -0.3 is 4.90 Å². The minimum Gasteiger partial charge on any atom is -0.341 e. The molecule has 8 nitrogen and oxygen atoms in total. The number of nitrogens with one attached hydrogen (secondary N) is 2. The molecule has 1 aliphatic rings. The van der Waals surface area contributed by atoms with E-state index in [1.807, 2.05) is 18.7 Å². The Morgan fingerprint density at radius 2 is 2.13 bits per heavy atom. The predicted molar refractivity (Wildman–Crippen MR) is 89.8 cm³/mol. The number of H-pyrrole nitrogens is 1. The zero-order chi connectivity index (χ0) is 17.0. The number of aromatic nitrogens is 2. The molecule has 1 atom stereocenters. The predicted octanol–water partition coefficient (Wildman–Crippen LogP) is 0.223. The molecule has 1 saturated heterocycles. The number of aryl methyl sites for hydroxylation is 1. The van der Waals surface area contributed by atoms with Crippen LogP contribution in [0.1, 0.15) is 32.4 Å². The first-order chi connectivity index (χ1) is 10.9. The molecule has 0 aliphatic carbocycles. The van der Waals surface area contributed by atoms with Crippen molar-refractivity contribution in [3.05, 3.63) is 22.1 Å². The van der Waals surface area contributed by atoms with Crippen LogP contribution in [0.15, 0.2) is 10.9 Å². The first-order valence-electron chi connectivity index (χ1n) is 7.96. The van der Waals surface area contributed by atoms with Crippen molar-refractivity contribution < 1.29 is 8.42 Å². The highest BCUT2D eigenvalue weighted by atomic mass is 32.2. The van der Waals surface area contributed by atoms with Gasteiger partial charge in [0.05, 0.1) is 0 Å². The maximum Gasteiger partial charge on any atom is 0.279 e. The summed E-state index contributed by atoms with van der Waals surface area (Å²) in [7, 11) is -3.48. The highest BCUT2D eigenvalue weighted by molar-refractivity contribution is 7.87. The third-order valence-electron chi connectivity index (χ3n) is 3.94. The Hall–Kier alpha value is -1.45. The van der Waals surface area contributed by atoms with Crippen LogP contribution in [0, 0.1) is 6.92 Å². The van der Waals surface area contributed by atoms with Crippen molar-refractivity contribution in [1.82, 2.24) is 19.0 Å². The summed E-state index contributed by atoms with van der Waals surface area (Å²) in [5.74, 6) is 0.502. The lowest BCUT2D eigenvalue weighted by molar-refractivity contribution is 0.407. The molecule has 0 bridgehead atoms. The van der Waals surface area contributed by atoms with Gasteiger partial charge in [0, 0.05) is 44.0 Å². The minimum atomic E-state index is -3.48. The van der Waals surface area contributed by atoms with E-state index in [0.717, 1.165) is 19.4 Å². The van der Waals surface area contributed by atoms with Crippen LogP contribution in [0.3, 0.4) is 0 Å². The molecule has 23 heavy (non-hydrogen) atoms. The summed E-state index contributed by atoms with van der Waals surface area (Å²) in [5, 5.41) is 0. The van der Waals surface area contributed by atoms with E-state index >= 15 is 0 Å². The zero-order valence-electron chi connectivity index (χ0n) is 13.9. The van der Waals surface area contributed by atoms with Crippen molar-refractivity contribution in [2.24, 2.45) is 0 Å². The Morgan fingerprint density at radius 3 is 2.74 bits per heavy atom. The Kier molecular flexibility index (Phi) is 5.77. The molecule has 1 unspecified atom stereocenters. The number of hydrogen-bond donors (Lipinski definition) is 2. The lowest BCUT2D eigenvalue weighted by atomic mass is 10.1. The van der Waals surface area contributed by atoms with Gasteiger partial charge in [0.25, 0.3) is 15.8 Å². The molecule has 0 amide bonds. The van der Waals surface area contributed by atoms with E-state index in [1.54, 1.807) is 6.92 Å². The van der Waals surface area contributed by atoms with Gasteiger partial charge in [0.15, 0.2) is 0 Å². The molecule has 2 heterocycles. The van der Waals surface area contributed by atoms with Gasteiger partial charge in [0.1, 0.15) is 0 Å². The normalized spacial score (nSPS) is 19.3. The second-order valence-electron chi connectivity index (χ2n) is 5.70. The van der Waals surface area contributed by atoms with Crippen LogP contribution in [0.4, 0.5) is 5.95 Å². The fraction of sp³-hybridized carbons (Fsp3) is 0.714. The highest BCUT2D eigenvalue weighted by Crippen LogP contribution is 2.16. The van der Waals surface area contributed by atoms with Crippen LogP contribution in [0.5, 0.6) is 0 Å². The maximum atomic E-state index is 12.3. The molecule has 2 N–H and O–H groups in total. The summed E-state index contributed by atoms with van der Waals surface area (Å²) in [4.78, 5) is 20.6. The minimum absolute atomic E-state index is 0.194.